The Labute approximate surface area is 172 Å². The molecule has 0 unspecified atom stereocenters. The molecule has 3 rings (SSSR count). The number of rotatable bonds is 7. The molecule has 0 fully saturated rings. The Morgan fingerprint density at radius 2 is 1.79 bits per heavy atom. The zero-order chi connectivity index (χ0) is 20.9. The Bertz CT molecular complexity index is 1070. The highest BCUT2D eigenvalue weighted by atomic mass is 32.2. The molecule has 29 heavy (non-hydrogen) atoms. The monoisotopic (exact) mass is 432 g/mol. The fourth-order valence-electron chi connectivity index (χ4n) is 2.73. The first-order valence-corrected chi connectivity index (χ1v) is 11.2. The van der Waals surface area contributed by atoms with Crippen molar-refractivity contribution in [2.45, 2.75) is 22.9 Å². The van der Waals surface area contributed by atoms with Crippen molar-refractivity contribution in [3.8, 4) is 0 Å². The number of benzene rings is 1. The fraction of sp³-hybridized carbons (Fsp3) is 0.200. The number of hydrogen-bond donors (Lipinski definition) is 2. The van der Waals surface area contributed by atoms with Crippen molar-refractivity contribution in [2.75, 3.05) is 6.54 Å². The van der Waals surface area contributed by atoms with Gasteiger partial charge in [-0.05, 0) is 41.6 Å². The summed E-state index contributed by atoms with van der Waals surface area (Å²) in [7, 11) is -3.78. The van der Waals surface area contributed by atoms with E-state index in [9.17, 15) is 18.0 Å². The first-order chi connectivity index (χ1) is 13.9. The number of furan rings is 1. The summed E-state index contributed by atoms with van der Waals surface area (Å²) < 4.78 is 31.3. The normalized spacial score (nSPS) is 12.3. The minimum Gasteiger partial charge on any atom is -0.468 e. The molecule has 3 aromatic rings. The summed E-state index contributed by atoms with van der Waals surface area (Å²) >= 11 is 1.08. The number of carbonyl (C=O) groups excluding carboxylic acids is 2. The summed E-state index contributed by atoms with van der Waals surface area (Å²) in [5, 5.41) is 5.47. The molecule has 0 radical (unpaired) electrons. The van der Waals surface area contributed by atoms with Gasteiger partial charge in [0.1, 0.15) is 15.2 Å². The van der Waals surface area contributed by atoms with Crippen molar-refractivity contribution in [3.05, 3.63) is 77.1 Å². The molecular formula is C20H20N2O5S2. The molecule has 1 atom stereocenters. The Morgan fingerprint density at radius 1 is 1.03 bits per heavy atom. The van der Waals surface area contributed by atoms with E-state index < -0.39 is 26.9 Å². The predicted octanol–water partition coefficient (Wildman–Crippen LogP) is 2.60. The first kappa shape index (κ1) is 20.8. The van der Waals surface area contributed by atoms with Crippen molar-refractivity contribution in [1.29, 1.82) is 0 Å². The maximum atomic E-state index is 12.9. The largest absolute Gasteiger partial charge is 0.468 e. The molecule has 2 heterocycles. The molecule has 0 aliphatic rings. The van der Waals surface area contributed by atoms with Crippen LogP contribution in [0, 0.1) is 6.92 Å². The van der Waals surface area contributed by atoms with E-state index in [1.807, 2.05) is 31.2 Å². The number of amides is 2. The molecule has 0 spiro atoms. The molecule has 0 saturated heterocycles. The molecule has 9 heteroatoms. The third-order valence-corrected chi connectivity index (χ3v) is 7.86. The quantitative estimate of drug-likeness (QED) is 0.558. The summed E-state index contributed by atoms with van der Waals surface area (Å²) in [6.07, 6.45) is 1.36. The van der Waals surface area contributed by atoms with Crippen LogP contribution in [0.2, 0.25) is 0 Å². The zero-order valence-corrected chi connectivity index (χ0v) is 17.3. The summed E-state index contributed by atoms with van der Waals surface area (Å²) in [6.45, 7) is 1.82. The number of sulfone groups is 1. The van der Waals surface area contributed by atoms with E-state index in [1.54, 1.807) is 17.5 Å². The number of hydrogen-bond acceptors (Lipinski definition) is 6. The Morgan fingerprint density at radius 3 is 2.45 bits per heavy atom. The third kappa shape index (κ3) is 4.93. The van der Waals surface area contributed by atoms with Gasteiger partial charge in [-0.3, -0.25) is 9.59 Å². The van der Waals surface area contributed by atoms with Crippen LogP contribution in [0.15, 0.2) is 68.8 Å². The van der Waals surface area contributed by atoms with Gasteiger partial charge < -0.3 is 15.1 Å². The minimum atomic E-state index is -3.78. The van der Waals surface area contributed by atoms with E-state index >= 15 is 0 Å². The lowest BCUT2D eigenvalue weighted by Gasteiger charge is -2.15. The third-order valence-electron chi connectivity index (χ3n) is 4.37. The Balaban J connectivity index is 1.66. The fourth-order valence-corrected chi connectivity index (χ4v) is 5.52. The Hall–Kier alpha value is -2.91. The van der Waals surface area contributed by atoms with Gasteiger partial charge in [0.15, 0.2) is 9.84 Å². The maximum absolute atomic E-state index is 12.9. The lowest BCUT2D eigenvalue weighted by Crippen LogP contribution is -2.42. The van der Waals surface area contributed by atoms with Crippen LogP contribution >= 0.6 is 11.3 Å². The number of aryl methyl sites for hydroxylation is 1. The van der Waals surface area contributed by atoms with E-state index in [2.05, 4.69) is 10.6 Å². The molecule has 2 N–H and O–H groups in total. The lowest BCUT2D eigenvalue weighted by molar-refractivity contribution is -0.139. The van der Waals surface area contributed by atoms with Crippen LogP contribution in [0.3, 0.4) is 0 Å². The molecule has 0 bridgehead atoms. The van der Waals surface area contributed by atoms with Crippen molar-refractivity contribution in [3.63, 3.8) is 0 Å². The second kappa shape index (κ2) is 9.06. The van der Waals surface area contributed by atoms with E-state index in [1.165, 1.54) is 18.4 Å². The van der Waals surface area contributed by atoms with Gasteiger partial charge in [0, 0.05) is 13.1 Å². The van der Waals surface area contributed by atoms with Gasteiger partial charge in [-0.25, -0.2) is 8.42 Å². The van der Waals surface area contributed by atoms with E-state index in [0.29, 0.717) is 0 Å². The number of nitrogens with one attached hydrogen (secondary N) is 2. The van der Waals surface area contributed by atoms with Crippen LogP contribution < -0.4 is 10.6 Å². The van der Waals surface area contributed by atoms with Crippen LogP contribution in [0.5, 0.6) is 0 Å². The van der Waals surface area contributed by atoms with Gasteiger partial charge in [0.2, 0.25) is 0 Å². The minimum absolute atomic E-state index is 0.164. The highest BCUT2D eigenvalue weighted by Crippen LogP contribution is 2.31. The van der Waals surface area contributed by atoms with Crippen molar-refractivity contribution in [1.82, 2.24) is 10.6 Å². The van der Waals surface area contributed by atoms with Gasteiger partial charge in [0.25, 0.3) is 0 Å². The average Bonchev–Trinajstić information content (AvgIpc) is 3.41. The molecule has 0 aliphatic heterocycles. The molecule has 2 amide bonds. The van der Waals surface area contributed by atoms with Crippen LogP contribution in [0.25, 0.3) is 0 Å². The highest BCUT2D eigenvalue weighted by Gasteiger charge is 2.33. The van der Waals surface area contributed by atoms with Gasteiger partial charge in [-0.1, -0.05) is 30.3 Å². The summed E-state index contributed by atoms with van der Waals surface area (Å²) in [5.74, 6) is -1.55. The van der Waals surface area contributed by atoms with Crippen LogP contribution in [-0.4, -0.2) is 26.8 Å². The smallest absolute Gasteiger partial charge is 0.309 e. The highest BCUT2D eigenvalue weighted by molar-refractivity contribution is 7.93. The molecular weight excluding hydrogens is 412 g/mol. The van der Waals surface area contributed by atoms with Gasteiger partial charge in [-0.15, -0.1) is 11.3 Å². The molecule has 7 nitrogen and oxygen atoms in total. The predicted molar refractivity (Wildman–Crippen MR) is 109 cm³/mol. The van der Waals surface area contributed by atoms with E-state index in [0.717, 1.165) is 22.5 Å². The second-order valence-electron chi connectivity index (χ2n) is 6.30. The van der Waals surface area contributed by atoms with Gasteiger partial charge >= 0.3 is 11.8 Å². The van der Waals surface area contributed by atoms with Crippen LogP contribution in [-0.2, 0) is 26.0 Å². The molecule has 1 aromatic carbocycles. The van der Waals surface area contributed by atoms with Crippen LogP contribution in [0.4, 0.5) is 0 Å². The standard InChI is InChI=1S/C20H20N2O5S2/c1-14-6-2-3-7-15(14)12-21-19(23)20(24)22-13-17(16-8-4-10-27-16)29(25,26)18-9-5-11-28-18/h2-11,17H,12-13H2,1H3,(H,21,23)(H,22,24)/t17-/m0/s1. The van der Waals surface area contributed by atoms with E-state index in [4.69, 9.17) is 4.42 Å². The summed E-state index contributed by atoms with van der Waals surface area (Å²) in [4.78, 5) is 24.3. The summed E-state index contributed by atoms with van der Waals surface area (Å²) in [5.41, 5.74) is 1.88. The average molecular weight is 433 g/mol. The number of thiophene rings is 1. The molecule has 152 valence electrons. The summed E-state index contributed by atoms with van der Waals surface area (Å²) in [6, 6.07) is 13.7. The zero-order valence-electron chi connectivity index (χ0n) is 15.6. The van der Waals surface area contributed by atoms with Crippen molar-refractivity contribution in [2.24, 2.45) is 0 Å². The molecule has 0 saturated carbocycles. The van der Waals surface area contributed by atoms with Gasteiger partial charge in [-0.2, -0.15) is 0 Å². The molecule has 0 aliphatic carbocycles. The molecule has 2 aromatic heterocycles. The lowest BCUT2D eigenvalue weighted by atomic mass is 10.1. The van der Waals surface area contributed by atoms with Crippen molar-refractivity contribution >= 4 is 33.0 Å². The Kier molecular flexibility index (Phi) is 6.50. The van der Waals surface area contributed by atoms with Gasteiger partial charge in [0.05, 0.1) is 6.26 Å². The topological polar surface area (TPSA) is 105 Å². The SMILES string of the molecule is Cc1ccccc1CNC(=O)C(=O)NC[C@@H](c1ccco1)S(=O)(=O)c1cccs1. The van der Waals surface area contributed by atoms with Crippen molar-refractivity contribution < 1.29 is 22.4 Å². The van der Waals surface area contributed by atoms with Crippen LogP contribution in [0.1, 0.15) is 22.1 Å². The van der Waals surface area contributed by atoms with E-state index in [-0.39, 0.29) is 23.1 Å². The maximum Gasteiger partial charge on any atom is 0.309 e. The first-order valence-electron chi connectivity index (χ1n) is 8.81. The second-order valence-corrected chi connectivity index (χ2v) is 9.61. The number of carbonyl (C=O) groups is 2.